The number of thioether (sulfide) groups is 1. The average Bonchev–Trinajstić information content (AvgIpc) is 2.39. The standard InChI is InChI=1S/C11H17N5O2S/c12-10-2-1-9(16(17)18)11(14-10)13-3-4-15-5-7-19-8-6-15/h1-2H,3-8H2,(H3,12,13,14). The van der Waals surface area contributed by atoms with E-state index < -0.39 is 4.92 Å². The summed E-state index contributed by atoms with van der Waals surface area (Å²) in [5.41, 5.74) is 5.52. The van der Waals surface area contributed by atoms with Crippen molar-refractivity contribution in [2.24, 2.45) is 0 Å². The van der Waals surface area contributed by atoms with Crippen molar-refractivity contribution in [3.63, 3.8) is 0 Å². The number of nitro groups is 1. The van der Waals surface area contributed by atoms with Crippen molar-refractivity contribution in [2.75, 3.05) is 48.7 Å². The number of nitrogens with two attached hydrogens (primary N) is 1. The third-order valence-electron chi connectivity index (χ3n) is 2.92. The van der Waals surface area contributed by atoms with Gasteiger partial charge in [0.25, 0.3) is 0 Å². The van der Waals surface area contributed by atoms with Crippen LogP contribution in [0.25, 0.3) is 0 Å². The fraction of sp³-hybridized carbons (Fsp3) is 0.545. The van der Waals surface area contributed by atoms with Crippen LogP contribution in [0, 0.1) is 10.1 Å². The minimum Gasteiger partial charge on any atom is -0.384 e. The molecule has 0 saturated carbocycles. The first-order valence-corrected chi connectivity index (χ1v) is 7.27. The van der Waals surface area contributed by atoms with Crippen molar-refractivity contribution in [3.05, 3.63) is 22.2 Å². The van der Waals surface area contributed by atoms with Gasteiger partial charge >= 0.3 is 5.69 Å². The Morgan fingerprint density at radius 1 is 1.47 bits per heavy atom. The van der Waals surface area contributed by atoms with E-state index in [-0.39, 0.29) is 17.3 Å². The van der Waals surface area contributed by atoms with E-state index in [0.29, 0.717) is 6.54 Å². The van der Waals surface area contributed by atoms with Gasteiger partial charge in [0.05, 0.1) is 4.92 Å². The Kier molecular flexibility index (Phi) is 4.80. The zero-order valence-electron chi connectivity index (χ0n) is 10.5. The Hall–Kier alpha value is -1.54. The largest absolute Gasteiger partial charge is 0.384 e. The lowest BCUT2D eigenvalue weighted by molar-refractivity contribution is -0.384. The molecule has 0 spiro atoms. The second kappa shape index (κ2) is 6.58. The van der Waals surface area contributed by atoms with Crippen LogP contribution in [-0.4, -0.2) is 52.5 Å². The zero-order chi connectivity index (χ0) is 13.7. The predicted molar refractivity (Wildman–Crippen MR) is 77.6 cm³/mol. The SMILES string of the molecule is Nc1ccc([N+](=O)[O-])c(NCCN2CCSCC2)n1. The molecule has 1 saturated heterocycles. The molecular formula is C11H17N5O2S. The van der Waals surface area contributed by atoms with Crippen molar-refractivity contribution >= 4 is 29.1 Å². The van der Waals surface area contributed by atoms with E-state index in [0.717, 1.165) is 31.1 Å². The molecule has 1 aromatic rings. The number of hydrogen-bond acceptors (Lipinski definition) is 7. The number of aromatic nitrogens is 1. The predicted octanol–water partition coefficient (Wildman–Crippen LogP) is 1.03. The van der Waals surface area contributed by atoms with Gasteiger partial charge in [0, 0.05) is 43.8 Å². The summed E-state index contributed by atoms with van der Waals surface area (Å²) < 4.78 is 0. The Bertz CT molecular complexity index is 451. The number of rotatable bonds is 5. The first kappa shape index (κ1) is 13.9. The van der Waals surface area contributed by atoms with Crippen LogP contribution in [0.15, 0.2) is 12.1 Å². The highest BCUT2D eigenvalue weighted by atomic mass is 32.2. The fourth-order valence-electron chi connectivity index (χ4n) is 1.90. The van der Waals surface area contributed by atoms with Crippen LogP contribution in [0.1, 0.15) is 0 Å². The molecule has 2 rings (SSSR count). The third kappa shape index (κ3) is 3.97. The molecule has 104 valence electrons. The first-order valence-electron chi connectivity index (χ1n) is 6.11. The second-order valence-electron chi connectivity index (χ2n) is 4.24. The molecule has 0 amide bonds. The highest BCUT2D eigenvalue weighted by Gasteiger charge is 2.16. The molecule has 1 fully saturated rings. The quantitative estimate of drug-likeness (QED) is 0.615. The molecule has 0 aromatic carbocycles. The van der Waals surface area contributed by atoms with E-state index in [1.165, 1.54) is 12.1 Å². The summed E-state index contributed by atoms with van der Waals surface area (Å²) in [7, 11) is 0. The lowest BCUT2D eigenvalue weighted by atomic mass is 10.3. The summed E-state index contributed by atoms with van der Waals surface area (Å²) in [6.45, 7) is 3.62. The van der Waals surface area contributed by atoms with Crippen LogP contribution in [0.2, 0.25) is 0 Å². The summed E-state index contributed by atoms with van der Waals surface area (Å²) in [6.07, 6.45) is 0. The van der Waals surface area contributed by atoms with Crippen molar-refractivity contribution in [1.29, 1.82) is 0 Å². The van der Waals surface area contributed by atoms with Crippen molar-refractivity contribution in [3.8, 4) is 0 Å². The molecule has 8 heteroatoms. The maximum Gasteiger partial charge on any atom is 0.311 e. The van der Waals surface area contributed by atoms with Gasteiger partial charge in [-0.05, 0) is 6.07 Å². The van der Waals surface area contributed by atoms with E-state index in [9.17, 15) is 10.1 Å². The molecule has 0 atom stereocenters. The highest BCUT2D eigenvalue weighted by molar-refractivity contribution is 7.99. The Balaban J connectivity index is 1.91. The van der Waals surface area contributed by atoms with Gasteiger partial charge in [-0.15, -0.1) is 0 Å². The van der Waals surface area contributed by atoms with Crippen LogP contribution in [-0.2, 0) is 0 Å². The highest BCUT2D eigenvalue weighted by Crippen LogP contribution is 2.22. The smallest absolute Gasteiger partial charge is 0.311 e. The Labute approximate surface area is 115 Å². The lowest BCUT2D eigenvalue weighted by Gasteiger charge is -2.26. The van der Waals surface area contributed by atoms with Gasteiger partial charge in [-0.3, -0.25) is 15.0 Å². The molecule has 19 heavy (non-hydrogen) atoms. The molecule has 0 unspecified atom stereocenters. The number of nitrogen functional groups attached to an aromatic ring is 1. The van der Waals surface area contributed by atoms with E-state index in [2.05, 4.69) is 15.2 Å². The maximum atomic E-state index is 10.9. The van der Waals surface area contributed by atoms with Gasteiger partial charge in [-0.25, -0.2) is 4.98 Å². The lowest BCUT2D eigenvalue weighted by Crippen LogP contribution is -2.36. The van der Waals surface area contributed by atoms with Crippen LogP contribution in [0.5, 0.6) is 0 Å². The van der Waals surface area contributed by atoms with Crippen LogP contribution in [0.3, 0.4) is 0 Å². The van der Waals surface area contributed by atoms with Gasteiger partial charge in [-0.2, -0.15) is 11.8 Å². The van der Waals surface area contributed by atoms with E-state index in [1.54, 1.807) is 0 Å². The number of nitrogens with zero attached hydrogens (tertiary/aromatic N) is 3. The topological polar surface area (TPSA) is 97.3 Å². The molecular weight excluding hydrogens is 266 g/mol. The summed E-state index contributed by atoms with van der Waals surface area (Å²) in [4.78, 5) is 16.7. The van der Waals surface area contributed by atoms with Gasteiger partial charge in [-0.1, -0.05) is 0 Å². The second-order valence-corrected chi connectivity index (χ2v) is 5.47. The summed E-state index contributed by atoms with van der Waals surface area (Å²) in [5.74, 6) is 2.83. The maximum absolute atomic E-state index is 10.9. The minimum atomic E-state index is -0.452. The first-order chi connectivity index (χ1) is 9.16. The summed E-state index contributed by atoms with van der Waals surface area (Å²) in [5, 5.41) is 13.9. The molecule has 0 radical (unpaired) electrons. The summed E-state index contributed by atoms with van der Waals surface area (Å²) in [6, 6.07) is 2.81. The van der Waals surface area contributed by atoms with Gasteiger partial charge < -0.3 is 11.1 Å². The van der Waals surface area contributed by atoms with Crippen LogP contribution >= 0.6 is 11.8 Å². The fourth-order valence-corrected chi connectivity index (χ4v) is 2.88. The van der Waals surface area contributed by atoms with Crippen LogP contribution < -0.4 is 11.1 Å². The normalized spacial score (nSPS) is 16.2. The number of anilines is 2. The summed E-state index contributed by atoms with van der Waals surface area (Å²) >= 11 is 1.96. The molecule has 2 heterocycles. The molecule has 7 nitrogen and oxygen atoms in total. The molecule has 0 bridgehead atoms. The van der Waals surface area contributed by atoms with E-state index in [1.807, 2.05) is 11.8 Å². The van der Waals surface area contributed by atoms with Crippen molar-refractivity contribution in [1.82, 2.24) is 9.88 Å². The number of pyridine rings is 1. The number of hydrogen-bond donors (Lipinski definition) is 2. The molecule has 0 aliphatic carbocycles. The molecule has 1 aliphatic rings. The zero-order valence-corrected chi connectivity index (χ0v) is 11.4. The van der Waals surface area contributed by atoms with Gasteiger partial charge in [0.1, 0.15) is 5.82 Å². The van der Waals surface area contributed by atoms with Gasteiger partial charge in [0.2, 0.25) is 5.82 Å². The van der Waals surface area contributed by atoms with Crippen molar-refractivity contribution < 1.29 is 4.92 Å². The molecule has 1 aromatic heterocycles. The third-order valence-corrected chi connectivity index (χ3v) is 3.86. The van der Waals surface area contributed by atoms with Crippen molar-refractivity contribution in [2.45, 2.75) is 0 Å². The Morgan fingerprint density at radius 3 is 2.89 bits per heavy atom. The monoisotopic (exact) mass is 283 g/mol. The minimum absolute atomic E-state index is 0.0385. The number of nitrogens with one attached hydrogen (secondary N) is 1. The molecule has 3 N–H and O–H groups in total. The van der Waals surface area contributed by atoms with E-state index >= 15 is 0 Å². The van der Waals surface area contributed by atoms with Gasteiger partial charge in [0.15, 0.2) is 0 Å². The van der Waals surface area contributed by atoms with Crippen LogP contribution in [0.4, 0.5) is 17.3 Å². The van der Waals surface area contributed by atoms with E-state index in [4.69, 9.17) is 5.73 Å². The molecule has 1 aliphatic heterocycles. The Morgan fingerprint density at radius 2 is 2.21 bits per heavy atom. The average molecular weight is 283 g/mol.